The molecule has 1 aromatic carbocycles. The average Bonchev–Trinajstić information content (AvgIpc) is 3.09. The molecular weight excluding hydrogens is 293 g/mol. The number of aromatic nitrogens is 2. The smallest absolute Gasteiger partial charge is 0.218 e. The molecule has 0 bridgehead atoms. The molecule has 0 fully saturated rings. The van der Waals surface area contributed by atoms with Crippen molar-refractivity contribution >= 4 is 28.3 Å². The summed E-state index contributed by atoms with van der Waals surface area (Å²) in [6.45, 7) is 0.176. The highest BCUT2D eigenvalue weighted by molar-refractivity contribution is 8.26. The van der Waals surface area contributed by atoms with E-state index >= 15 is 0 Å². The average molecular weight is 303 g/mol. The molecule has 2 heterocycles. The molecule has 2 aromatic rings. The molecule has 21 heavy (non-hydrogen) atoms. The van der Waals surface area contributed by atoms with Gasteiger partial charge >= 0.3 is 0 Å². The second-order valence-electron chi connectivity index (χ2n) is 4.17. The lowest BCUT2D eigenvalue weighted by Gasteiger charge is -2.00. The number of thioether (sulfide) groups is 1. The van der Waals surface area contributed by atoms with Gasteiger partial charge in [-0.2, -0.15) is 10.2 Å². The molecule has 1 aromatic heterocycles. The van der Waals surface area contributed by atoms with Gasteiger partial charge in [-0.3, -0.25) is 20.3 Å². The first-order valence-electron chi connectivity index (χ1n) is 6.06. The summed E-state index contributed by atoms with van der Waals surface area (Å²) < 4.78 is 12.9. The number of H-pyrrole nitrogens is 1. The van der Waals surface area contributed by atoms with Gasteiger partial charge in [-0.1, -0.05) is 0 Å². The van der Waals surface area contributed by atoms with Gasteiger partial charge in [0.15, 0.2) is 5.17 Å². The van der Waals surface area contributed by atoms with Crippen molar-refractivity contribution < 1.29 is 9.18 Å². The maximum absolute atomic E-state index is 12.9. The minimum Gasteiger partial charge on any atom is -0.285 e. The summed E-state index contributed by atoms with van der Waals surface area (Å²) in [5.74, 6) is -0.295. The number of benzene rings is 1. The number of aliphatic imine (C=N–C) groups is 1. The van der Waals surface area contributed by atoms with E-state index in [0.717, 1.165) is 28.6 Å². The molecule has 106 valence electrons. The van der Waals surface area contributed by atoms with Gasteiger partial charge in [-0.15, -0.1) is 0 Å². The minimum absolute atomic E-state index is 0.0111. The van der Waals surface area contributed by atoms with Crippen molar-refractivity contribution in [2.75, 3.05) is 6.54 Å². The topological polar surface area (TPSA) is 82.5 Å². The highest BCUT2D eigenvalue weighted by Gasteiger charge is 2.14. The standard InChI is InChI=1S/C13H10FN5OS/c14-10-3-1-8(2-4-10)12-9(5-16-18-12)6-17-19-13-15-7-11(20)21-13/h1-6H,7H2,(H,15,19)(H,16,18). The van der Waals surface area contributed by atoms with Crippen LogP contribution < -0.4 is 5.43 Å². The minimum atomic E-state index is -0.295. The normalized spacial score (nSPS) is 14.7. The zero-order chi connectivity index (χ0) is 14.7. The van der Waals surface area contributed by atoms with E-state index in [1.165, 1.54) is 12.1 Å². The number of nitrogens with zero attached hydrogens (tertiary/aromatic N) is 3. The van der Waals surface area contributed by atoms with Crippen molar-refractivity contribution in [2.45, 2.75) is 0 Å². The zero-order valence-corrected chi connectivity index (χ0v) is 11.5. The van der Waals surface area contributed by atoms with Crippen molar-refractivity contribution in [1.82, 2.24) is 15.6 Å². The Balaban J connectivity index is 1.73. The van der Waals surface area contributed by atoms with Crippen molar-refractivity contribution in [1.29, 1.82) is 0 Å². The van der Waals surface area contributed by atoms with Gasteiger partial charge in [-0.25, -0.2) is 4.39 Å². The summed E-state index contributed by atoms with van der Waals surface area (Å²) in [6.07, 6.45) is 3.17. The van der Waals surface area contributed by atoms with E-state index in [-0.39, 0.29) is 17.5 Å². The monoisotopic (exact) mass is 303 g/mol. The van der Waals surface area contributed by atoms with Crippen LogP contribution in [0, 0.1) is 5.82 Å². The second kappa shape index (κ2) is 5.88. The molecule has 0 atom stereocenters. The molecule has 1 aliphatic rings. The predicted molar refractivity (Wildman–Crippen MR) is 79.6 cm³/mol. The number of hydrogen-bond donors (Lipinski definition) is 2. The van der Waals surface area contributed by atoms with Crippen LogP contribution in [0.2, 0.25) is 0 Å². The molecule has 1 aliphatic heterocycles. The summed E-state index contributed by atoms with van der Waals surface area (Å²) in [6, 6.07) is 6.07. The van der Waals surface area contributed by atoms with Gasteiger partial charge in [0.2, 0.25) is 5.12 Å². The molecule has 0 spiro atoms. The Kier molecular flexibility index (Phi) is 3.78. The largest absolute Gasteiger partial charge is 0.285 e. The number of hydrazone groups is 1. The highest BCUT2D eigenvalue weighted by atomic mass is 32.2. The second-order valence-corrected chi connectivity index (χ2v) is 5.22. The SMILES string of the molecule is O=C1CN=C(NN=Cc2cn[nH]c2-c2ccc(F)cc2)S1. The van der Waals surface area contributed by atoms with E-state index in [1.807, 2.05) is 0 Å². The number of carbonyl (C=O) groups excluding carboxylic acids is 1. The number of amidine groups is 1. The summed E-state index contributed by atoms with van der Waals surface area (Å²) >= 11 is 1.03. The van der Waals surface area contributed by atoms with E-state index < -0.39 is 0 Å². The molecule has 3 rings (SSSR count). The van der Waals surface area contributed by atoms with Crippen LogP contribution in [0.25, 0.3) is 11.3 Å². The maximum atomic E-state index is 12.9. The molecule has 0 saturated carbocycles. The molecule has 8 heteroatoms. The molecule has 0 radical (unpaired) electrons. The van der Waals surface area contributed by atoms with Crippen molar-refractivity contribution in [3.8, 4) is 11.3 Å². The Hall–Kier alpha value is -2.48. The lowest BCUT2D eigenvalue weighted by atomic mass is 10.1. The molecule has 2 N–H and O–H groups in total. The number of carbonyl (C=O) groups is 1. The number of nitrogens with one attached hydrogen (secondary N) is 2. The fourth-order valence-corrected chi connectivity index (χ4v) is 2.34. The zero-order valence-electron chi connectivity index (χ0n) is 10.7. The van der Waals surface area contributed by atoms with Crippen LogP contribution in [-0.2, 0) is 4.79 Å². The van der Waals surface area contributed by atoms with Gasteiger partial charge in [0, 0.05) is 11.1 Å². The molecule has 0 saturated heterocycles. The van der Waals surface area contributed by atoms with Crippen LogP contribution in [0.4, 0.5) is 4.39 Å². The van der Waals surface area contributed by atoms with Gasteiger partial charge in [-0.05, 0) is 36.0 Å². The van der Waals surface area contributed by atoms with E-state index in [2.05, 4.69) is 25.7 Å². The third-order valence-electron chi connectivity index (χ3n) is 2.73. The van der Waals surface area contributed by atoms with Crippen molar-refractivity contribution in [3.05, 3.63) is 41.8 Å². The predicted octanol–water partition coefficient (Wildman–Crippen LogP) is 1.77. The number of aromatic amines is 1. The van der Waals surface area contributed by atoms with Crippen molar-refractivity contribution in [2.24, 2.45) is 10.1 Å². The fourth-order valence-electron chi connectivity index (χ4n) is 1.77. The lowest BCUT2D eigenvalue weighted by molar-refractivity contribution is -0.109. The summed E-state index contributed by atoms with van der Waals surface area (Å²) in [7, 11) is 0. The highest BCUT2D eigenvalue weighted by Crippen LogP contribution is 2.20. The summed E-state index contributed by atoms with van der Waals surface area (Å²) in [4.78, 5) is 15.0. The lowest BCUT2D eigenvalue weighted by Crippen LogP contribution is -2.11. The first-order chi connectivity index (χ1) is 10.2. The Morgan fingerprint density at radius 1 is 1.38 bits per heavy atom. The molecule has 0 amide bonds. The fraction of sp³-hybridized carbons (Fsp3) is 0.0769. The number of halogens is 1. The maximum Gasteiger partial charge on any atom is 0.218 e. The van der Waals surface area contributed by atoms with E-state index in [9.17, 15) is 9.18 Å². The van der Waals surface area contributed by atoms with Gasteiger partial charge < -0.3 is 0 Å². The Morgan fingerprint density at radius 2 is 2.19 bits per heavy atom. The first kappa shape index (κ1) is 13.5. The van der Waals surface area contributed by atoms with Gasteiger partial charge in [0.25, 0.3) is 0 Å². The van der Waals surface area contributed by atoms with Gasteiger partial charge in [0.1, 0.15) is 12.4 Å². The summed E-state index contributed by atoms with van der Waals surface area (Å²) in [5.41, 5.74) is 4.98. The quantitative estimate of drug-likeness (QED) is 0.669. The van der Waals surface area contributed by atoms with Crippen LogP contribution in [0.5, 0.6) is 0 Å². The van der Waals surface area contributed by atoms with Crippen LogP contribution in [-0.4, -0.2) is 33.2 Å². The third-order valence-corrected chi connectivity index (χ3v) is 3.50. The van der Waals surface area contributed by atoms with Crippen LogP contribution in [0.3, 0.4) is 0 Å². The number of hydrogen-bond acceptors (Lipinski definition) is 6. The molecule has 0 aliphatic carbocycles. The Morgan fingerprint density at radius 3 is 2.90 bits per heavy atom. The van der Waals surface area contributed by atoms with Crippen molar-refractivity contribution in [3.63, 3.8) is 0 Å². The third kappa shape index (κ3) is 3.16. The Labute approximate surface area is 123 Å². The van der Waals surface area contributed by atoms with E-state index in [4.69, 9.17) is 0 Å². The van der Waals surface area contributed by atoms with Gasteiger partial charge in [0.05, 0.1) is 18.1 Å². The van der Waals surface area contributed by atoms with Crippen LogP contribution in [0.1, 0.15) is 5.56 Å². The van der Waals surface area contributed by atoms with Crippen LogP contribution in [0.15, 0.2) is 40.6 Å². The van der Waals surface area contributed by atoms with Crippen LogP contribution >= 0.6 is 11.8 Å². The molecule has 6 nitrogen and oxygen atoms in total. The summed E-state index contributed by atoms with van der Waals surface area (Å²) in [5, 5.41) is 11.3. The first-order valence-corrected chi connectivity index (χ1v) is 6.87. The number of rotatable bonds is 3. The molecular formula is C13H10FN5OS. The Bertz CT molecular complexity index is 722. The van der Waals surface area contributed by atoms with E-state index in [0.29, 0.717) is 5.17 Å². The molecule has 0 unspecified atom stereocenters. The van der Waals surface area contributed by atoms with E-state index in [1.54, 1.807) is 24.5 Å².